The number of hydrogen-bond donors (Lipinski definition) is 0. The summed E-state index contributed by atoms with van der Waals surface area (Å²) in [5.41, 5.74) is 2.53. The Labute approximate surface area is 157 Å². The van der Waals surface area contributed by atoms with E-state index in [0.29, 0.717) is 35.4 Å². The minimum absolute atomic E-state index is 0.305. The normalized spacial score (nSPS) is 14.3. The number of nitrogens with zero attached hydrogens (tertiary/aromatic N) is 2. The van der Waals surface area contributed by atoms with Crippen molar-refractivity contribution in [3.8, 4) is 0 Å². The number of ether oxygens (including phenoxy) is 1. The largest absolute Gasteiger partial charge is 0.463 e. The second kappa shape index (κ2) is 7.81. The highest BCUT2D eigenvalue weighted by atomic mass is 35.5. The van der Waals surface area contributed by atoms with E-state index in [1.165, 1.54) is 0 Å². The Bertz CT molecular complexity index is 773. The van der Waals surface area contributed by atoms with E-state index in [9.17, 15) is 4.79 Å². The van der Waals surface area contributed by atoms with Crippen molar-refractivity contribution in [1.82, 2.24) is 0 Å². The first-order chi connectivity index (χ1) is 12.1. The summed E-state index contributed by atoms with van der Waals surface area (Å²) in [5, 5.41) is 1.35. The summed E-state index contributed by atoms with van der Waals surface area (Å²) >= 11 is 12.0. The molecule has 0 fully saturated rings. The lowest BCUT2D eigenvalue weighted by Gasteiger charge is -2.36. The number of benzene rings is 2. The molecule has 0 amide bonds. The number of hydrogen-bond acceptors (Lipinski definition) is 4. The van der Waals surface area contributed by atoms with Gasteiger partial charge in [-0.1, -0.05) is 23.2 Å². The van der Waals surface area contributed by atoms with E-state index in [0.717, 1.165) is 11.4 Å². The Hall–Kier alpha value is -2.17. The minimum Gasteiger partial charge on any atom is -0.463 e. The van der Waals surface area contributed by atoms with Crippen LogP contribution in [0.4, 0.5) is 11.4 Å². The second-order valence-corrected chi connectivity index (χ2v) is 6.51. The molecule has 130 valence electrons. The predicted molar refractivity (Wildman–Crippen MR) is 102 cm³/mol. The van der Waals surface area contributed by atoms with Gasteiger partial charge in [0.2, 0.25) is 0 Å². The Morgan fingerprint density at radius 1 is 1.00 bits per heavy atom. The number of esters is 1. The molecule has 0 aliphatic carbocycles. The maximum absolute atomic E-state index is 12.3. The molecule has 3 rings (SSSR count). The zero-order chi connectivity index (χ0) is 17.8. The van der Waals surface area contributed by atoms with Gasteiger partial charge < -0.3 is 14.5 Å². The van der Waals surface area contributed by atoms with Crippen molar-refractivity contribution < 1.29 is 9.53 Å². The van der Waals surface area contributed by atoms with Gasteiger partial charge in [-0.2, -0.15) is 0 Å². The van der Waals surface area contributed by atoms with Crippen molar-refractivity contribution in [2.75, 3.05) is 29.6 Å². The highest BCUT2D eigenvalue weighted by molar-refractivity contribution is 6.30. The van der Waals surface area contributed by atoms with Gasteiger partial charge in [-0.15, -0.1) is 0 Å². The summed E-state index contributed by atoms with van der Waals surface area (Å²) < 4.78 is 5.19. The van der Waals surface area contributed by atoms with E-state index >= 15 is 0 Å². The molecule has 1 aliphatic rings. The molecule has 0 unspecified atom stereocenters. The number of carbonyl (C=O) groups excluding carboxylic acids is 1. The van der Waals surface area contributed by atoms with Gasteiger partial charge in [-0.05, 0) is 55.5 Å². The van der Waals surface area contributed by atoms with Crippen LogP contribution in [-0.2, 0) is 9.53 Å². The first-order valence-electron chi connectivity index (χ1n) is 7.97. The van der Waals surface area contributed by atoms with Gasteiger partial charge in [-0.25, -0.2) is 4.79 Å². The van der Waals surface area contributed by atoms with E-state index in [4.69, 9.17) is 27.9 Å². The molecule has 25 heavy (non-hydrogen) atoms. The molecule has 0 N–H and O–H groups in total. The first-order valence-corrected chi connectivity index (χ1v) is 8.73. The Kier molecular flexibility index (Phi) is 5.51. The molecule has 0 saturated heterocycles. The summed E-state index contributed by atoms with van der Waals surface area (Å²) in [6, 6.07) is 15.1. The third-order valence-corrected chi connectivity index (χ3v) is 4.39. The summed E-state index contributed by atoms with van der Waals surface area (Å²) in [5.74, 6) is -0.305. The van der Waals surface area contributed by atoms with Crippen molar-refractivity contribution >= 4 is 40.5 Å². The molecule has 6 heteroatoms. The molecule has 0 atom stereocenters. The lowest BCUT2D eigenvalue weighted by molar-refractivity contribution is -0.138. The van der Waals surface area contributed by atoms with Crippen LogP contribution in [0.2, 0.25) is 10.0 Å². The van der Waals surface area contributed by atoms with E-state index in [1.54, 1.807) is 6.92 Å². The highest BCUT2D eigenvalue weighted by Gasteiger charge is 2.24. The molecule has 0 bridgehead atoms. The molecule has 4 nitrogen and oxygen atoms in total. The highest BCUT2D eigenvalue weighted by Crippen LogP contribution is 2.27. The zero-order valence-corrected chi connectivity index (χ0v) is 15.3. The van der Waals surface area contributed by atoms with Gasteiger partial charge in [-0.3, -0.25) is 0 Å². The quantitative estimate of drug-likeness (QED) is 0.722. The fraction of sp³-hybridized carbons (Fsp3) is 0.211. The van der Waals surface area contributed by atoms with Crippen molar-refractivity contribution in [2.45, 2.75) is 6.92 Å². The van der Waals surface area contributed by atoms with Crippen molar-refractivity contribution in [2.24, 2.45) is 0 Å². The second-order valence-electron chi connectivity index (χ2n) is 5.64. The predicted octanol–water partition coefficient (Wildman–Crippen LogP) is 4.72. The Balaban J connectivity index is 1.92. The molecule has 1 aliphatic heterocycles. The van der Waals surface area contributed by atoms with Crippen LogP contribution in [-0.4, -0.2) is 25.8 Å². The number of carbonyl (C=O) groups is 1. The van der Waals surface area contributed by atoms with Crippen LogP contribution in [0.3, 0.4) is 0 Å². The van der Waals surface area contributed by atoms with Crippen LogP contribution in [0.1, 0.15) is 6.92 Å². The minimum atomic E-state index is -0.305. The van der Waals surface area contributed by atoms with Crippen LogP contribution in [0.5, 0.6) is 0 Å². The van der Waals surface area contributed by atoms with Crippen LogP contribution < -0.4 is 9.80 Å². The molecule has 0 spiro atoms. The third kappa shape index (κ3) is 4.27. The van der Waals surface area contributed by atoms with E-state index in [2.05, 4.69) is 4.90 Å². The SMILES string of the molecule is CCOC(=O)C1=CN(c2ccc(Cl)cc2)CN(c2ccc(Cl)cc2)C1. The average molecular weight is 377 g/mol. The number of rotatable bonds is 4. The monoisotopic (exact) mass is 376 g/mol. The molecule has 0 aromatic heterocycles. The van der Waals surface area contributed by atoms with Crippen LogP contribution in [0, 0.1) is 0 Å². The van der Waals surface area contributed by atoms with Crippen molar-refractivity contribution in [1.29, 1.82) is 0 Å². The molecule has 2 aromatic carbocycles. The van der Waals surface area contributed by atoms with Gasteiger partial charge in [0, 0.05) is 27.6 Å². The summed E-state index contributed by atoms with van der Waals surface area (Å²) in [4.78, 5) is 16.4. The fourth-order valence-corrected chi connectivity index (χ4v) is 2.92. The number of halogens is 2. The van der Waals surface area contributed by atoms with Gasteiger partial charge in [0.05, 0.1) is 25.4 Å². The summed E-state index contributed by atoms with van der Waals surface area (Å²) in [6.45, 7) is 3.23. The van der Waals surface area contributed by atoms with Crippen molar-refractivity contribution in [3.63, 3.8) is 0 Å². The Morgan fingerprint density at radius 3 is 2.12 bits per heavy atom. The molecular formula is C19H18Cl2N2O2. The van der Waals surface area contributed by atoms with Gasteiger partial charge >= 0.3 is 5.97 Å². The lowest BCUT2D eigenvalue weighted by Crippen LogP contribution is -2.42. The lowest BCUT2D eigenvalue weighted by atomic mass is 10.2. The standard InChI is InChI=1S/C19H18Cl2N2O2/c1-2-25-19(24)14-11-22(17-7-3-15(20)4-8-17)13-23(12-14)18-9-5-16(21)6-10-18/h3-11H,2,12-13H2,1H3. The molecule has 0 saturated carbocycles. The third-order valence-electron chi connectivity index (χ3n) is 3.88. The summed E-state index contributed by atoms with van der Waals surface area (Å²) in [7, 11) is 0. The van der Waals surface area contributed by atoms with Gasteiger partial charge in [0.25, 0.3) is 0 Å². The smallest absolute Gasteiger partial charge is 0.337 e. The van der Waals surface area contributed by atoms with Gasteiger partial charge in [0.15, 0.2) is 0 Å². The van der Waals surface area contributed by atoms with E-state index in [1.807, 2.05) is 59.6 Å². The van der Waals surface area contributed by atoms with E-state index < -0.39 is 0 Å². The molecule has 0 radical (unpaired) electrons. The maximum atomic E-state index is 12.3. The zero-order valence-electron chi connectivity index (χ0n) is 13.8. The summed E-state index contributed by atoms with van der Waals surface area (Å²) in [6.07, 6.45) is 1.84. The van der Waals surface area contributed by atoms with Crippen molar-refractivity contribution in [3.05, 3.63) is 70.3 Å². The van der Waals surface area contributed by atoms with Crippen LogP contribution in [0.15, 0.2) is 60.3 Å². The topological polar surface area (TPSA) is 32.8 Å². The fourth-order valence-electron chi connectivity index (χ4n) is 2.66. The van der Waals surface area contributed by atoms with Crippen LogP contribution >= 0.6 is 23.2 Å². The Morgan fingerprint density at radius 2 is 1.56 bits per heavy atom. The molecule has 1 heterocycles. The average Bonchev–Trinajstić information content (AvgIpc) is 2.63. The first kappa shape index (κ1) is 17.6. The number of anilines is 2. The van der Waals surface area contributed by atoms with Gasteiger partial charge in [0.1, 0.15) is 0 Å². The molecular weight excluding hydrogens is 359 g/mol. The molecule has 2 aromatic rings. The van der Waals surface area contributed by atoms with Crippen LogP contribution in [0.25, 0.3) is 0 Å². The van der Waals surface area contributed by atoms with E-state index in [-0.39, 0.29) is 5.97 Å². The maximum Gasteiger partial charge on any atom is 0.337 e.